The summed E-state index contributed by atoms with van der Waals surface area (Å²) in [6.45, 7) is 4.38. The van der Waals surface area contributed by atoms with Crippen LogP contribution >= 0.6 is 0 Å². The molecule has 0 aromatic rings. The molecule has 0 saturated heterocycles. The van der Waals surface area contributed by atoms with Gasteiger partial charge in [0, 0.05) is 0 Å². The molecule has 0 saturated carbocycles. The van der Waals surface area contributed by atoms with Crippen LogP contribution in [-0.2, 0) is 18.6 Å². The van der Waals surface area contributed by atoms with E-state index in [-0.39, 0.29) is 18.6 Å². The Balaban J connectivity index is 0.000000364. The first kappa shape index (κ1) is 20.5. The van der Waals surface area contributed by atoms with Gasteiger partial charge in [0.1, 0.15) is 0 Å². The summed E-state index contributed by atoms with van der Waals surface area (Å²) in [4.78, 5) is 4.38. The van der Waals surface area contributed by atoms with Crippen LogP contribution in [0.5, 0.6) is 0 Å². The van der Waals surface area contributed by atoms with Crippen LogP contribution in [0.25, 0.3) is 0 Å². The van der Waals surface area contributed by atoms with Crippen LogP contribution in [0, 0.1) is 12.2 Å². The number of hydrogen-bond acceptors (Lipinski definition) is 2. The van der Waals surface area contributed by atoms with Crippen LogP contribution in [0.3, 0.4) is 0 Å². The van der Waals surface area contributed by atoms with E-state index in [1.54, 1.807) is 0 Å². The molecule has 2 rings (SSSR count). The molecule has 0 aromatic heterocycles. The van der Waals surface area contributed by atoms with Crippen LogP contribution < -0.4 is 0 Å². The number of hydrogen-bond donors (Lipinski definition) is 0. The standard InChI is InChI=1S/2C9H14N.V/c2*1-8(10(2)3)9-6-4-5-7-9;/h2*4,6,8H,5H2,1-3H3;/q2*-1;+2. The predicted molar refractivity (Wildman–Crippen MR) is 87.3 cm³/mol. The van der Waals surface area contributed by atoms with Crippen molar-refractivity contribution in [2.45, 2.75) is 38.8 Å². The van der Waals surface area contributed by atoms with Gasteiger partial charge in [-0.25, -0.2) is 23.3 Å². The first-order valence-corrected chi connectivity index (χ1v) is 7.30. The molecule has 0 fully saturated rings. The van der Waals surface area contributed by atoms with Crippen molar-refractivity contribution in [2.75, 3.05) is 28.2 Å². The predicted octanol–water partition coefficient (Wildman–Crippen LogP) is 3.25. The second kappa shape index (κ2) is 10.2. The molecular formula is C18H28N2V. The maximum Gasteiger partial charge on any atom is 2.00 e. The topological polar surface area (TPSA) is 6.48 Å². The Morgan fingerprint density at radius 1 is 0.810 bits per heavy atom. The van der Waals surface area contributed by atoms with Gasteiger partial charge in [-0.1, -0.05) is 0 Å². The van der Waals surface area contributed by atoms with Crippen LogP contribution in [-0.4, -0.2) is 50.1 Å². The summed E-state index contributed by atoms with van der Waals surface area (Å²) < 4.78 is 0. The zero-order valence-corrected chi connectivity index (χ0v) is 15.6. The van der Waals surface area contributed by atoms with Crippen molar-refractivity contribution in [2.24, 2.45) is 0 Å². The van der Waals surface area contributed by atoms with Gasteiger partial charge in [-0.05, 0) is 54.1 Å². The SMILES string of the molecule is CC(C1=[C-]CC=C1)N(C)C.CC(C1=[C-]CC=C1)N(C)C.[V+2]. The molecule has 2 aliphatic carbocycles. The largest absolute Gasteiger partial charge is 2.00 e. The van der Waals surface area contributed by atoms with Crippen molar-refractivity contribution < 1.29 is 18.6 Å². The van der Waals surface area contributed by atoms with E-state index >= 15 is 0 Å². The third kappa shape index (κ3) is 6.84. The monoisotopic (exact) mass is 323 g/mol. The maximum absolute atomic E-state index is 3.30. The minimum Gasteiger partial charge on any atom is -0.306 e. The van der Waals surface area contributed by atoms with Crippen LogP contribution in [0.4, 0.5) is 0 Å². The van der Waals surface area contributed by atoms with Crippen LogP contribution in [0.1, 0.15) is 26.7 Å². The van der Waals surface area contributed by atoms with Gasteiger partial charge in [0.05, 0.1) is 0 Å². The van der Waals surface area contributed by atoms with Gasteiger partial charge in [0.2, 0.25) is 0 Å². The fourth-order valence-electron chi connectivity index (χ4n) is 1.97. The van der Waals surface area contributed by atoms with Gasteiger partial charge >= 0.3 is 18.6 Å². The van der Waals surface area contributed by atoms with Gasteiger partial charge < -0.3 is 9.80 Å². The van der Waals surface area contributed by atoms with Crippen molar-refractivity contribution in [1.82, 2.24) is 9.80 Å². The molecule has 2 unspecified atom stereocenters. The zero-order chi connectivity index (χ0) is 15.1. The number of likely N-dealkylation sites (N-methyl/N-ethyl adjacent to an activating group) is 2. The number of nitrogens with zero attached hydrogens (tertiary/aromatic N) is 2. The molecule has 1 radical (unpaired) electrons. The van der Waals surface area contributed by atoms with E-state index in [2.05, 4.69) is 88.3 Å². The molecule has 0 N–H and O–H groups in total. The average Bonchev–Trinajstić information content (AvgIpc) is 3.10. The molecule has 21 heavy (non-hydrogen) atoms. The quantitative estimate of drug-likeness (QED) is 0.733. The Labute approximate surface area is 143 Å². The third-order valence-corrected chi connectivity index (χ3v) is 3.89. The van der Waals surface area contributed by atoms with Gasteiger partial charge in [-0.3, -0.25) is 12.2 Å². The van der Waals surface area contributed by atoms with Gasteiger partial charge in [-0.15, -0.1) is 12.8 Å². The summed E-state index contributed by atoms with van der Waals surface area (Å²) in [5.41, 5.74) is 2.65. The second-order valence-electron chi connectivity index (χ2n) is 5.76. The molecule has 0 bridgehead atoms. The van der Waals surface area contributed by atoms with E-state index in [0.717, 1.165) is 12.8 Å². The Hall–Kier alpha value is -0.536. The molecule has 2 nitrogen and oxygen atoms in total. The van der Waals surface area contributed by atoms with E-state index in [1.807, 2.05) is 0 Å². The summed E-state index contributed by atoms with van der Waals surface area (Å²) in [6, 6.07) is 1.03. The van der Waals surface area contributed by atoms with E-state index < -0.39 is 0 Å². The van der Waals surface area contributed by atoms with Crippen molar-refractivity contribution in [3.8, 4) is 0 Å². The van der Waals surface area contributed by atoms with E-state index in [9.17, 15) is 0 Å². The molecule has 115 valence electrons. The van der Waals surface area contributed by atoms with Gasteiger partial charge in [0.25, 0.3) is 0 Å². The first-order chi connectivity index (χ1) is 9.43. The molecular weight excluding hydrogens is 295 g/mol. The summed E-state index contributed by atoms with van der Waals surface area (Å²) in [5.74, 6) is 0. The third-order valence-electron chi connectivity index (χ3n) is 3.89. The minimum absolute atomic E-state index is 0. The summed E-state index contributed by atoms with van der Waals surface area (Å²) >= 11 is 0. The Bertz CT molecular complexity index is 377. The van der Waals surface area contributed by atoms with Gasteiger partial charge in [-0.2, -0.15) is 12.2 Å². The first-order valence-electron chi connectivity index (χ1n) is 7.30. The molecule has 0 heterocycles. The second-order valence-corrected chi connectivity index (χ2v) is 5.76. The average molecular weight is 323 g/mol. The molecule has 3 heteroatoms. The maximum atomic E-state index is 3.30. The van der Waals surface area contributed by atoms with Crippen molar-refractivity contribution in [1.29, 1.82) is 0 Å². The molecule has 0 aliphatic heterocycles. The number of allylic oxidation sites excluding steroid dienone is 4. The van der Waals surface area contributed by atoms with Crippen molar-refractivity contribution in [3.63, 3.8) is 0 Å². The molecule has 0 aromatic carbocycles. The molecule has 2 aliphatic rings. The zero-order valence-electron chi connectivity index (χ0n) is 14.2. The van der Waals surface area contributed by atoms with Crippen molar-refractivity contribution >= 4 is 0 Å². The Morgan fingerprint density at radius 3 is 1.33 bits per heavy atom. The van der Waals surface area contributed by atoms with Crippen LogP contribution in [0.2, 0.25) is 0 Å². The summed E-state index contributed by atoms with van der Waals surface area (Å²) in [5, 5.41) is 0. The summed E-state index contributed by atoms with van der Waals surface area (Å²) in [7, 11) is 8.36. The Morgan fingerprint density at radius 2 is 1.14 bits per heavy atom. The van der Waals surface area contributed by atoms with Crippen LogP contribution in [0.15, 0.2) is 35.5 Å². The van der Waals surface area contributed by atoms with Gasteiger partial charge in [0.15, 0.2) is 0 Å². The van der Waals surface area contributed by atoms with E-state index in [1.165, 1.54) is 11.1 Å². The fourth-order valence-corrected chi connectivity index (χ4v) is 1.97. The molecule has 2 atom stereocenters. The van der Waals surface area contributed by atoms with Crippen molar-refractivity contribution in [3.05, 3.63) is 47.6 Å². The summed E-state index contributed by atoms with van der Waals surface area (Å²) in [6.07, 6.45) is 17.2. The van der Waals surface area contributed by atoms with E-state index in [4.69, 9.17) is 0 Å². The normalized spacial score (nSPS) is 18.9. The Kier molecular flexibility index (Phi) is 9.97. The smallest absolute Gasteiger partial charge is 0.306 e. The van der Waals surface area contributed by atoms with E-state index in [0.29, 0.717) is 12.1 Å². The fraction of sp³-hybridized carbons (Fsp3) is 0.556. The number of rotatable bonds is 4. The molecule has 0 spiro atoms. The molecule has 0 amide bonds. The minimum atomic E-state index is 0.